The Morgan fingerprint density at radius 1 is 1.22 bits per heavy atom. The molecule has 0 saturated heterocycles. The Labute approximate surface area is 146 Å². The summed E-state index contributed by atoms with van der Waals surface area (Å²) < 4.78 is 1.84. The first-order valence-electron chi connectivity index (χ1n) is 7.73. The molecule has 1 N–H and O–H groups in total. The van der Waals surface area contributed by atoms with E-state index >= 15 is 0 Å². The van der Waals surface area contributed by atoms with Crippen LogP contribution in [0.5, 0.6) is 0 Å². The number of amides is 1. The summed E-state index contributed by atoms with van der Waals surface area (Å²) >= 11 is 12.0. The lowest BCUT2D eigenvalue weighted by molar-refractivity contribution is -0.120. The summed E-state index contributed by atoms with van der Waals surface area (Å²) in [5, 5.41) is 8.41. The van der Waals surface area contributed by atoms with Crippen molar-refractivity contribution >= 4 is 34.9 Å². The van der Waals surface area contributed by atoms with Crippen molar-refractivity contribution in [1.29, 1.82) is 0 Å². The lowest BCUT2D eigenvalue weighted by atomic mass is 10.0. The van der Waals surface area contributed by atoms with Crippen LogP contribution in [0.2, 0.25) is 10.0 Å². The molecule has 2 rings (SSSR count). The van der Waals surface area contributed by atoms with E-state index in [-0.39, 0.29) is 11.8 Å². The van der Waals surface area contributed by atoms with Crippen LogP contribution in [0.4, 0.5) is 5.82 Å². The molecule has 4 nitrogen and oxygen atoms in total. The molecular formula is C17H21Cl2N3O. The van der Waals surface area contributed by atoms with Crippen LogP contribution in [0.25, 0.3) is 0 Å². The van der Waals surface area contributed by atoms with Crippen molar-refractivity contribution in [2.45, 2.75) is 40.2 Å². The lowest BCUT2D eigenvalue weighted by Gasteiger charge is -2.10. The minimum atomic E-state index is 0.0224. The summed E-state index contributed by atoms with van der Waals surface area (Å²) in [7, 11) is 0. The summed E-state index contributed by atoms with van der Waals surface area (Å²) in [6.45, 7) is 6.56. The third-order valence-corrected chi connectivity index (χ3v) is 4.64. The fourth-order valence-corrected chi connectivity index (χ4v) is 2.75. The molecule has 0 atom stereocenters. The molecule has 1 heterocycles. The van der Waals surface area contributed by atoms with Crippen LogP contribution < -0.4 is 5.32 Å². The van der Waals surface area contributed by atoms with E-state index in [4.69, 9.17) is 23.2 Å². The van der Waals surface area contributed by atoms with Crippen LogP contribution in [0, 0.1) is 12.8 Å². The molecule has 0 aliphatic rings. The monoisotopic (exact) mass is 353 g/mol. The largest absolute Gasteiger partial charge is 0.309 e. The van der Waals surface area contributed by atoms with Crippen LogP contribution in [-0.2, 0) is 11.3 Å². The first-order valence-corrected chi connectivity index (χ1v) is 8.49. The van der Waals surface area contributed by atoms with Gasteiger partial charge >= 0.3 is 0 Å². The molecule has 1 aromatic carbocycles. The SMILES string of the molecule is CCC(CC)C(=O)Nc1cc(C)n(Cc2ccc(Cl)c(Cl)c2)n1. The molecule has 0 aliphatic carbocycles. The molecule has 23 heavy (non-hydrogen) atoms. The maximum absolute atomic E-state index is 12.1. The fraction of sp³-hybridized carbons (Fsp3) is 0.412. The van der Waals surface area contributed by atoms with Crippen LogP contribution in [0.1, 0.15) is 37.9 Å². The minimum Gasteiger partial charge on any atom is -0.309 e. The number of benzene rings is 1. The number of rotatable bonds is 6. The number of hydrogen-bond donors (Lipinski definition) is 1. The Balaban J connectivity index is 2.11. The number of nitrogens with one attached hydrogen (secondary N) is 1. The van der Waals surface area contributed by atoms with Crippen molar-refractivity contribution in [3.8, 4) is 0 Å². The molecule has 6 heteroatoms. The van der Waals surface area contributed by atoms with Gasteiger partial charge in [-0.25, -0.2) is 0 Å². The van der Waals surface area contributed by atoms with E-state index in [9.17, 15) is 4.79 Å². The van der Waals surface area contributed by atoms with Crippen molar-refractivity contribution < 1.29 is 4.79 Å². The second kappa shape index (κ2) is 7.84. The number of carbonyl (C=O) groups is 1. The quantitative estimate of drug-likeness (QED) is 0.800. The normalized spacial score (nSPS) is 11.0. The molecule has 0 saturated carbocycles. The van der Waals surface area contributed by atoms with Gasteiger partial charge in [0.1, 0.15) is 0 Å². The highest BCUT2D eigenvalue weighted by molar-refractivity contribution is 6.42. The van der Waals surface area contributed by atoms with Gasteiger partial charge in [-0.2, -0.15) is 5.10 Å². The van der Waals surface area contributed by atoms with E-state index in [0.717, 1.165) is 24.1 Å². The van der Waals surface area contributed by atoms with Gasteiger partial charge < -0.3 is 5.32 Å². The van der Waals surface area contributed by atoms with E-state index in [0.29, 0.717) is 22.4 Å². The fourth-order valence-electron chi connectivity index (χ4n) is 2.43. The van der Waals surface area contributed by atoms with Gasteiger partial charge in [-0.05, 0) is 37.5 Å². The predicted octanol–water partition coefficient (Wildman–Crippen LogP) is 4.92. The van der Waals surface area contributed by atoms with E-state index in [1.165, 1.54) is 0 Å². The summed E-state index contributed by atoms with van der Waals surface area (Å²) in [6.07, 6.45) is 1.65. The molecule has 0 fully saturated rings. The van der Waals surface area contributed by atoms with Crippen molar-refractivity contribution in [3.63, 3.8) is 0 Å². The predicted molar refractivity (Wildman–Crippen MR) is 95.2 cm³/mol. The number of halogens is 2. The van der Waals surface area contributed by atoms with Gasteiger partial charge in [0.05, 0.1) is 16.6 Å². The minimum absolute atomic E-state index is 0.0224. The molecule has 1 amide bonds. The van der Waals surface area contributed by atoms with E-state index in [1.807, 2.05) is 43.7 Å². The highest BCUT2D eigenvalue weighted by atomic mass is 35.5. The third kappa shape index (κ3) is 4.49. The van der Waals surface area contributed by atoms with Gasteiger partial charge in [-0.15, -0.1) is 0 Å². The Bertz CT molecular complexity index is 693. The van der Waals surface area contributed by atoms with Gasteiger partial charge in [-0.1, -0.05) is 43.1 Å². The smallest absolute Gasteiger partial charge is 0.228 e. The average Bonchev–Trinajstić information content (AvgIpc) is 2.84. The average molecular weight is 354 g/mol. The van der Waals surface area contributed by atoms with Gasteiger partial charge in [-0.3, -0.25) is 9.48 Å². The molecule has 1 aromatic heterocycles. The lowest BCUT2D eigenvalue weighted by Crippen LogP contribution is -2.22. The molecule has 0 spiro atoms. The molecule has 0 aliphatic heterocycles. The van der Waals surface area contributed by atoms with Crippen molar-refractivity contribution in [3.05, 3.63) is 45.6 Å². The van der Waals surface area contributed by atoms with Gasteiger partial charge in [0, 0.05) is 17.7 Å². The maximum atomic E-state index is 12.1. The highest BCUT2D eigenvalue weighted by Gasteiger charge is 2.16. The Hall–Kier alpha value is -1.52. The van der Waals surface area contributed by atoms with E-state index in [2.05, 4.69) is 10.4 Å². The van der Waals surface area contributed by atoms with E-state index in [1.54, 1.807) is 6.07 Å². The Morgan fingerprint density at radius 2 is 1.91 bits per heavy atom. The zero-order chi connectivity index (χ0) is 17.0. The summed E-state index contributed by atoms with van der Waals surface area (Å²) in [5.74, 6) is 0.629. The standard InChI is InChI=1S/C17H21Cl2N3O/c1-4-13(5-2)17(23)20-16-8-11(3)22(21-16)10-12-6-7-14(18)15(19)9-12/h6-9,13H,4-5,10H2,1-3H3,(H,20,21,23). The van der Waals surface area contributed by atoms with Gasteiger partial charge in [0.15, 0.2) is 5.82 Å². The summed E-state index contributed by atoms with van der Waals surface area (Å²) in [6, 6.07) is 7.39. The van der Waals surface area contributed by atoms with Gasteiger partial charge in [0.2, 0.25) is 5.91 Å². The number of nitrogens with zero attached hydrogens (tertiary/aromatic N) is 2. The number of aromatic nitrogens is 2. The molecular weight excluding hydrogens is 333 g/mol. The van der Waals surface area contributed by atoms with Crippen LogP contribution in [0.15, 0.2) is 24.3 Å². The van der Waals surface area contributed by atoms with Crippen LogP contribution in [0.3, 0.4) is 0 Å². The first-order chi connectivity index (χ1) is 10.9. The number of carbonyl (C=O) groups excluding carboxylic acids is 1. The summed E-state index contributed by atoms with van der Waals surface area (Å²) in [5.41, 5.74) is 1.97. The third-order valence-electron chi connectivity index (χ3n) is 3.91. The highest BCUT2D eigenvalue weighted by Crippen LogP contribution is 2.23. The number of anilines is 1. The topological polar surface area (TPSA) is 46.9 Å². The zero-order valence-corrected chi connectivity index (χ0v) is 15.1. The molecule has 2 aromatic rings. The van der Waals surface area contributed by atoms with E-state index < -0.39 is 0 Å². The second-order valence-electron chi connectivity index (χ2n) is 5.58. The maximum Gasteiger partial charge on any atom is 0.228 e. The van der Waals surface area contributed by atoms with Crippen molar-refractivity contribution in [2.75, 3.05) is 5.32 Å². The Kier molecular flexibility index (Phi) is 6.08. The second-order valence-corrected chi connectivity index (χ2v) is 6.39. The number of aryl methyl sites for hydroxylation is 1. The molecule has 0 unspecified atom stereocenters. The molecule has 0 radical (unpaired) electrons. The molecule has 0 bridgehead atoms. The first kappa shape index (κ1) is 17.8. The van der Waals surface area contributed by atoms with Crippen molar-refractivity contribution in [1.82, 2.24) is 9.78 Å². The summed E-state index contributed by atoms with van der Waals surface area (Å²) in [4.78, 5) is 12.1. The van der Waals surface area contributed by atoms with Crippen LogP contribution in [-0.4, -0.2) is 15.7 Å². The molecule has 124 valence electrons. The van der Waals surface area contributed by atoms with Crippen LogP contribution >= 0.6 is 23.2 Å². The van der Waals surface area contributed by atoms with Gasteiger partial charge in [0.25, 0.3) is 0 Å². The Morgan fingerprint density at radius 3 is 2.52 bits per heavy atom. The van der Waals surface area contributed by atoms with Crippen molar-refractivity contribution in [2.24, 2.45) is 5.92 Å². The number of hydrogen-bond acceptors (Lipinski definition) is 2. The zero-order valence-electron chi connectivity index (χ0n) is 13.6.